The second kappa shape index (κ2) is 6.67. The standard InChI is InChI=1S/C30H34N2O/c1-28-12-10-24-17-23-6-7-25(32(2)3)18-29(23)13-14-30(24,33-29)27(28)9-8-26(28)21-5-4-20-11-15-31-19-22(20)16-21/h4-7,10-11,15-17,19,25-27H,8-9,12-14,18H2,1-3H3/t25-,26-,27+,28+,29+,30-/m0/s1. The molecule has 2 spiro atoms. The highest BCUT2D eigenvalue weighted by Crippen LogP contribution is 2.69. The van der Waals surface area contributed by atoms with Crippen LogP contribution in [0, 0.1) is 11.3 Å². The van der Waals surface area contributed by atoms with Crippen LogP contribution in [0.25, 0.3) is 10.8 Å². The lowest BCUT2D eigenvalue weighted by Gasteiger charge is -2.54. The summed E-state index contributed by atoms with van der Waals surface area (Å²) in [5.41, 5.74) is 4.44. The molecule has 7 rings (SSSR count). The van der Waals surface area contributed by atoms with Crippen molar-refractivity contribution in [3.05, 3.63) is 77.7 Å². The minimum Gasteiger partial charge on any atom is -0.359 e. The number of likely N-dealkylation sites (N-methyl/N-ethyl adjacent to an activating group) is 1. The van der Waals surface area contributed by atoms with Gasteiger partial charge in [-0.2, -0.15) is 0 Å². The maximum absolute atomic E-state index is 7.37. The van der Waals surface area contributed by atoms with E-state index >= 15 is 0 Å². The van der Waals surface area contributed by atoms with Gasteiger partial charge in [-0.05, 0) is 104 Å². The maximum atomic E-state index is 7.37. The normalized spacial score (nSPS) is 40.9. The first-order chi connectivity index (χ1) is 15.9. The summed E-state index contributed by atoms with van der Waals surface area (Å²) < 4.78 is 7.37. The highest BCUT2D eigenvalue weighted by Gasteiger charge is 2.66. The van der Waals surface area contributed by atoms with Gasteiger partial charge in [-0.1, -0.05) is 43.4 Å². The van der Waals surface area contributed by atoms with Gasteiger partial charge in [0.05, 0.1) is 11.2 Å². The second-order valence-electron chi connectivity index (χ2n) is 11.7. The number of fused-ring (bicyclic) bond motifs is 2. The van der Waals surface area contributed by atoms with Crippen LogP contribution in [0.1, 0.15) is 56.9 Å². The number of allylic oxidation sites excluding steroid dienone is 1. The fourth-order valence-electron chi connectivity index (χ4n) is 8.26. The summed E-state index contributed by atoms with van der Waals surface area (Å²) >= 11 is 0. The first kappa shape index (κ1) is 20.2. The van der Waals surface area contributed by atoms with E-state index in [1.165, 1.54) is 46.7 Å². The topological polar surface area (TPSA) is 25.4 Å². The number of nitrogens with zero attached hydrogens (tertiary/aromatic N) is 2. The molecule has 0 unspecified atom stereocenters. The van der Waals surface area contributed by atoms with E-state index < -0.39 is 0 Å². The Hall–Kier alpha value is -2.23. The van der Waals surface area contributed by atoms with Crippen LogP contribution in [0.2, 0.25) is 0 Å². The van der Waals surface area contributed by atoms with Gasteiger partial charge in [0.1, 0.15) is 0 Å². The van der Waals surface area contributed by atoms with Crippen LogP contribution in [0.4, 0.5) is 0 Å². The Bertz CT molecular complexity index is 1240. The molecule has 3 heterocycles. The van der Waals surface area contributed by atoms with Gasteiger partial charge in [0, 0.05) is 23.8 Å². The molecule has 33 heavy (non-hydrogen) atoms. The van der Waals surface area contributed by atoms with E-state index in [4.69, 9.17) is 4.74 Å². The van der Waals surface area contributed by atoms with Crippen LogP contribution in [0.5, 0.6) is 0 Å². The van der Waals surface area contributed by atoms with Gasteiger partial charge in [0.2, 0.25) is 0 Å². The molecule has 2 aliphatic heterocycles. The Labute approximate surface area is 197 Å². The van der Waals surface area contributed by atoms with Gasteiger partial charge < -0.3 is 9.64 Å². The molecule has 1 aromatic heterocycles. The molecule has 5 aliphatic rings. The number of pyridine rings is 1. The molecule has 3 heteroatoms. The van der Waals surface area contributed by atoms with Crippen molar-refractivity contribution in [1.82, 2.24) is 9.88 Å². The SMILES string of the molecule is CN(C)[C@H]1C=CC2=CC3=CC[C@@]4(C)[C@@H](CC[C@H]4c4ccc5ccncc5c4)[C@]34CC[C@]2(C1)O4. The van der Waals surface area contributed by atoms with Crippen LogP contribution in [0.3, 0.4) is 0 Å². The van der Waals surface area contributed by atoms with Gasteiger partial charge in [-0.15, -0.1) is 0 Å². The highest BCUT2D eigenvalue weighted by atomic mass is 16.5. The van der Waals surface area contributed by atoms with E-state index in [0.717, 1.165) is 19.3 Å². The van der Waals surface area contributed by atoms with Gasteiger partial charge in [-0.3, -0.25) is 4.98 Å². The third-order valence-corrected chi connectivity index (χ3v) is 10.0. The van der Waals surface area contributed by atoms with Crippen molar-refractivity contribution in [3.63, 3.8) is 0 Å². The molecule has 1 saturated carbocycles. The first-order valence-electron chi connectivity index (χ1n) is 12.7. The summed E-state index contributed by atoms with van der Waals surface area (Å²) in [5.74, 6) is 1.16. The van der Waals surface area contributed by atoms with Crippen molar-refractivity contribution < 1.29 is 4.74 Å². The molecule has 2 aromatic rings. The minimum absolute atomic E-state index is 0.0913. The van der Waals surface area contributed by atoms with Gasteiger partial charge >= 0.3 is 0 Å². The fourth-order valence-corrected chi connectivity index (χ4v) is 8.26. The monoisotopic (exact) mass is 438 g/mol. The van der Waals surface area contributed by atoms with Gasteiger partial charge in [0.25, 0.3) is 0 Å². The number of aromatic nitrogens is 1. The number of benzene rings is 1. The molecular weight excluding hydrogens is 404 g/mol. The predicted octanol–water partition coefficient (Wildman–Crippen LogP) is 6.18. The van der Waals surface area contributed by atoms with E-state index in [1.807, 2.05) is 12.4 Å². The lowest BCUT2D eigenvalue weighted by molar-refractivity contribution is -0.132. The molecule has 2 bridgehead atoms. The summed E-state index contributed by atoms with van der Waals surface area (Å²) in [5, 5.41) is 2.54. The molecule has 0 amide bonds. The van der Waals surface area contributed by atoms with Crippen LogP contribution >= 0.6 is 0 Å². The lowest BCUT2D eigenvalue weighted by Crippen LogP contribution is -2.54. The van der Waals surface area contributed by atoms with Crippen molar-refractivity contribution in [3.8, 4) is 0 Å². The molecular formula is C30H34N2O. The van der Waals surface area contributed by atoms with E-state index in [-0.39, 0.29) is 16.6 Å². The largest absolute Gasteiger partial charge is 0.359 e. The Kier molecular flexibility index (Phi) is 4.08. The smallest absolute Gasteiger partial charge is 0.0975 e. The zero-order valence-corrected chi connectivity index (χ0v) is 20.1. The number of rotatable bonds is 2. The van der Waals surface area contributed by atoms with Crippen molar-refractivity contribution in [2.24, 2.45) is 11.3 Å². The summed E-state index contributed by atoms with van der Waals surface area (Å²) in [6.45, 7) is 2.56. The Morgan fingerprint density at radius 1 is 1.06 bits per heavy atom. The van der Waals surface area contributed by atoms with Crippen molar-refractivity contribution in [2.75, 3.05) is 14.1 Å². The molecule has 3 nitrogen and oxygen atoms in total. The molecule has 170 valence electrons. The van der Waals surface area contributed by atoms with E-state index in [2.05, 4.69) is 79.5 Å². The Morgan fingerprint density at radius 3 is 2.85 bits per heavy atom. The summed E-state index contributed by atoms with van der Waals surface area (Å²) in [4.78, 5) is 6.71. The fraction of sp³-hybridized carbons (Fsp3) is 0.500. The third kappa shape index (κ3) is 2.61. The molecule has 1 saturated heterocycles. The van der Waals surface area contributed by atoms with E-state index in [0.29, 0.717) is 17.9 Å². The van der Waals surface area contributed by atoms with E-state index in [9.17, 15) is 0 Å². The van der Waals surface area contributed by atoms with Gasteiger partial charge in [-0.25, -0.2) is 0 Å². The summed E-state index contributed by atoms with van der Waals surface area (Å²) in [7, 11) is 4.38. The Balaban J connectivity index is 1.29. The molecule has 6 atom stereocenters. The van der Waals surface area contributed by atoms with Crippen LogP contribution in [-0.2, 0) is 4.74 Å². The predicted molar refractivity (Wildman–Crippen MR) is 133 cm³/mol. The summed E-state index contributed by atoms with van der Waals surface area (Å²) in [6, 6.07) is 9.64. The zero-order valence-electron chi connectivity index (χ0n) is 20.1. The molecule has 3 aliphatic carbocycles. The number of hydrogen-bond donors (Lipinski definition) is 0. The number of ether oxygens (including phenoxy) is 1. The van der Waals surface area contributed by atoms with E-state index in [1.54, 1.807) is 0 Å². The average molecular weight is 439 g/mol. The highest BCUT2D eigenvalue weighted by molar-refractivity contribution is 5.82. The minimum atomic E-state index is -0.0916. The van der Waals surface area contributed by atoms with Crippen LogP contribution in [0.15, 0.2) is 72.1 Å². The second-order valence-corrected chi connectivity index (χ2v) is 11.7. The van der Waals surface area contributed by atoms with Gasteiger partial charge in [0.15, 0.2) is 0 Å². The Morgan fingerprint density at radius 2 is 1.97 bits per heavy atom. The lowest BCUT2D eigenvalue weighted by atomic mass is 9.58. The van der Waals surface area contributed by atoms with Crippen LogP contribution in [-0.4, -0.2) is 41.2 Å². The first-order valence-corrected chi connectivity index (χ1v) is 12.7. The summed E-state index contributed by atoms with van der Waals surface area (Å²) in [6.07, 6.45) is 20.8. The van der Waals surface area contributed by atoms with Crippen molar-refractivity contribution >= 4 is 10.8 Å². The zero-order chi connectivity index (χ0) is 22.4. The number of hydrogen-bond acceptors (Lipinski definition) is 3. The average Bonchev–Trinajstić information content (AvgIpc) is 3.33. The van der Waals surface area contributed by atoms with Crippen molar-refractivity contribution in [2.45, 2.75) is 68.6 Å². The molecule has 0 N–H and O–H groups in total. The molecule has 0 radical (unpaired) electrons. The van der Waals surface area contributed by atoms with Crippen molar-refractivity contribution in [1.29, 1.82) is 0 Å². The quantitative estimate of drug-likeness (QED) is 0.560. The third-order valence-electron chi connectivity index (χ3n) is 10.0. The molecule has 1 aromatic carbocycles. The maximum Gasteiger partial charge on any atom is 0.0975 e. The molecule has 2 fully saturated rings. The van der Waals surface area contributed by atoms with Crippen LogP contribution < -0.4 is 0 Å².